The highest BCUT2D eigenvalue weighted by atomic mass is 16.5. The lowest BCUT2D eigenvalue weighted by Crippen LogP contribution is -2.31. The first-order valence-corrected chi connectivity index (χ1v) is 9.90. The van der Waals surface area contributed by atoms with E-state index in [1.807, 2.05) is 24.3 Å². The Hall–Kier alpha value is -2.49. The van der Waals surface area contributed by atoms with Gasteiger partial charge in [-0.05, 0) is 38.3 Å². The van der Waals surface area contributed by atoms with Crippen molar-refractivity contribution >= 4 is 5.97 Å². The highest BCUT2D eigenvalue weighted by Gasteiger charge is 2.15. The third-order valence-electron chi connectivity index (χ3n) is 4.79. The summed E-state index contributed by atoms with van der Waals surface area (Å²) in [5, 5.41) is 7.11. The second-order valence-electron chi connectivity index (χ2n) is 6.88. The summed E-state index contributed by atoms with van der Waals surface area (Å²) in [6.07, 6.45) is 9.64. The largest absolute Gasteiger partial charge is 0.462 e. The van der Waals surface area contributed by atoms with Crippen LogP contribution in [0.25, 0.3) is 0 Å². The van der Waals surface area contributed by atoms with Crippen molar-refractivity contribution in [2.24, 2.45) is 0 Å². The van der Waals surface area contributed by atoms with Crippen molar-refractivity contribution in [2.45, 2.75) is 58.5 Å². The summed E-state index contributed by atoms with van der Waals surface area (Å²) in [6, 6.07) is 10.7. The number of ether oxygens (including phenoxy) is 1. The van der Waals surface area contributed by atoms with E-state index in [0.29, 0.717) is 24.8 Å². The zero-order chi connectivity index (χ0) is 19.5. The molecule has 0 unspecified atom stereocenters. The van der Waals surface area contributed by atoms with E-state index in [1.165, 1.54) is 37.7 Å². The standard InChI is InChI=1S/C23H32N2O2/c1-4-20(23(26)27-5-2)16-22(24-17-19-12-8-6-9-13-19)18(3)25-21-14-10-7-11-15-21/h4,6,8-9,12-13,16,21,24-25H,1,5,7,10-11,14-15,17H2,2-3H3/b20-16+,22-18-. The molecule has 0 radical (unpaired) electrons. The molecule has 0 aromatic heterocycles. The van der Waals surface area contributed by atoms with Crippen LogP contribution >= 0.6 is 0 Å². The summed E-state index contributed by atoms with van der Waals surface area (Å²) in [5.74, 6) is -0.350. The molecule has 4 heteroatoms. The lowest BCUT2D eigenvalue weighted by Gasteiger charge is -2.25. The lowest BCUT2D eigenvalue weighted by atomic mass is 9.95. The molecular formula is C23H32N2O2. The first-order valence-electron chi connectivity index (χ1n) is 9.90. The van der Waals surface area contributed by atoms with Gasteiger partial charge >= 0.3 is 5.97 Å². The van der Waals surface area contributed by atoms with Crippen molar-refractivity contribution < 1.29 is 9.53 Å². The average molecular weight is 369 g/mol. The van der Waals surface area contributed by atoms with Crippen LogP contribution in [0.5, 0.6) is 0 Å². The Bertz CT molecular complexity index is 671. The summed E-state index contributed by atoms with van der Waals surface area (Å²) in [5.41, 5.74) is 3.58. The van der Waals surface area contributed by atoms with Gasteiger partial charge in [-0.3, -0.25) is 0 Å². The molecule has 0 spiro atoms. The summed E-state index contributed by atoms with van der Waals surface area (Å²) in [6.45, 7) is 8.67. The molecule has 2 rings (SSSR count). The molecule has 0 atom stereocenters. The van der Waals surface area contributed by atoms with Crippen molar-refractivity contribution in [3.8, 4) is 0 Å². The Balaban J connectivity index is 2.21. The first kappa shape index (κ1) is 20.8. The molecule has 0 heterocycles. The number of allylic oxidation sites excluding steroid dienone is 2. The van der Waals surface area contributed by atoms with E-state index >= 15 is 0 Å². The van der Waals surface area contributed by atoms with Gasteiger partial charge in [0.05, 0.1) is 17.9 Å². The van der Waals surface area contributed by atoms with Gasteiger partial charge in [-0.25, -0.2) is 4.79 Å². The highest BCUT2D eigenvalue weighted by molar-refractivity contribution is 5.92. The molecular weight excluding hydrogens is 336 g/mol. The zero-order valence-corrected chi connectivity index (χ0v) is 16.6. The molecule has 1 aromatic carbocycles. The number of carbonyl (C=O) groups excluding carboxylic acids is 1. The van der Waals surface area contributed by atoms with Crippen LogP contribution in [0.4, 0.5) is 0 Å². The Kier molecular flexibility index (Phi) is 8.69. The van der Waals surface area contributed by atoms with Gasteiger partial charge in [-0.1, -0.05) is 62.2 Å². The second-order valence-corrected chi connectivity index (χ2v) is 6.88. The minimum Gasteiger partial charge on any atom is -0.462 e. The van der Waals surface area contributed by atoms with Crippen molar-refractivity contribution in [1.29, 1.82) is 0 Å². The number of hydrogen-bond acceptors (Lipinski definition) is 4. The summed E-state index contributed by atoms with van der Waals surface area (Å²) in [7, 11) is 0. The van der Waals surface area contributed by atoms with E-state index < -0.39 is 0 Å². The van der Waals surface area contributed by atoms with Crippen LogP contribution in [0, 0.1) is 0 Å². The van der Waals surface area contributed by atoms with Gasteiger partial charge in [-0.15, -0.1) is 0 Å². The summed E-state index contributed by atoms with van der Waals surface area (Å²) in [4.78, 5) is 12.2. The fraction of sp³-hybridized carbons (Fsp3) is 0.435. The van der Waals surface area contributed by atoms with E-state index in [9.17, 15) is 4.79 Å². The van der Waals surface area contributed by atoms with Gasteiger partial charge in [-0.2, -0.15) is 0 Å². The zero-order valence-electron chi connectivity index (χ0n) is 16.6. The predicted octanol–water partition coefficient (Wildman–Crippen LogP) is 4.61. The molecule has 1 fully saturated rings. The van der Waals surface area contributed by atoms with Crippen LogP contribution in [0.1, 0.15) is 51.5 Å². The summed E-state index contributed by atoms with van der Waals surface area (Å²) >= 11 is 0. The first-order chi connectivity index (χ1) is 13.1. The molecule has 0 amide bonds. The maximum Gasteiger partial charge on any atom is 0.338 e. The SMILES string of the molecule is C=C/C(=C\C(NCc1ccccc1)=C(/C)NC1CCCCC1)C(=O)OCC. The number of nitrogens with one attached hydrogen (secondary N) is 2. The van der Waals surface area contributed by atoms with Crippen LogP contribution in [0.3, 0.4) is 0 Å². The normalized spacial score (nSPS) is 16.3. The van der Waals surface area contributed by atoms with Crippen molar-refractivity contribution in [1.82, 2.24) is 10.6 Å². The Morgan fingerprint density at radius 2 is 1.93 bits per heavy atom. The molecule has 0 aliphatic heterocycles. The molecule has 1 saturated carbocycles. The van der Waals surface area contributed by atoms with Gasteiger partial charge in [0.1, 0.15) is 0 Å². The van der Waals surface area contributed by atoms with Crippen molar-refractivity contribution in [3.63, 3.8) is 0 Å². The summed E-state index contributed by atoms with van der Waals surface area (Å²) < 4.78 is 5.14. The molecule has 146 valence electrons. The maximum atomic E-state index is 12.2. The fourth-order valence-electron chi connectivity index (χ4n) is 3.29. The Morgan fingerprint density at radius 1 is 1.22 bits per heavy atom. The number of benzene rings is 1. The van der Waals surface area contributed by atoms with E-state index in [0.717, 1.165) is 11.4 Å². The smallest absolute Gasteiger partial charge is 0.338 e. The van der Waals surface area contributed by atoms with Gasteiger partial charge in [0, 0.05) is 18.3 Å². The van der Waals surface area contributed by atoms with E-state index in [-0.39, 0.29) is 5.97 Å². The minimum atomic E-state index is -0.350. The molecule has 1 aliphatic rings. The Labute approximate surface area is 163 Å². The fourth-order valence-corrected chi connectivity index (χ4v) is 3.29. The highest BCUT2D eigenvalue weighted by Crippen LogP contribution is 2.19. The molecule has 0 bridgehead atoms. The number of carbonyl (C=O) groups is 1. The third kappa shape index (κ3) is 6.97. The van der Waals surface area contributed by atoms with Gasteiger partial charge in [0.15, 0.2) is 0 Å². The van der Waals surface area contributed by atoms with Crippen LogP contribution in [0.2, 0.25) is 0 Å². The Morgan fingerprint density at radius 3 is 2.56 bits per heavy atom. The van der Waals surface area contributed by atoms with E-state index in [2.05, 4.69) is 36.3 Å². The number of esters is 1. The lowest BCUT2D eigenvalue weighted by molar-refractivity contribution is -0.138. The molecule has 4 nitrogen and oxygen atoms in total. The van der Waals surface area contributed by atoms with E-state index in [4.69, 9.17) is 4.74 Å². The minimum absolute atomic E-state index is 0.347. The predicted molar refractivity (Wildman–Crippen MR) is 111 cm³/mol. The van der Waals surface area contributed by atoms with Crippen LogP contribution in [-0.4, -0.2) is 18.6 Å². The molecule has 0 saturated heterocycles. The van der Waals surface area contributed by atoms with Gasteiger partial charge in [0.2, 0.25) is 0 Å². The number of hydrogen-bond donors (Lipinski definition) is 2. The second kappa shape index (κ2) is 11.3. The van der Waals surface area contributed by atoms with Crippen molar-refractivity contribution in [2.75, 3.05) is 6.61 Å². The molecule has 2 N–H and O–H groups in total. The van der Waals surface area contributed by atoms with Gasteiger partial charge < -0.3 is 15.4 Å². The third-order valence-corrected chi connectivity index (χ3v) is 4.79. The van der Waals surface area contributed by atoms with Crippen molar-refractivity contribution in [3.05, 3.63) is 71.6 Å². The monoisotopic (exact) mass is 368 g/mol. The van der Waals surface area contributed by atoms with Crippen LogP contribution in [-0.2, 0) is 16.1 Å². The quantitative estimate of drug-likeness (QED) is 0.380. The van der Waals surface area contributed by atoms with Crippen LogP contribution in [0.15, 0.2) is 66.0 Å². The molecule has 1 aliphatic carbocycles. The van der Waals surface area contributed by atoms with E-state index in [1.54, 1.807) is 13.0 Å². The topological polar surface area (TPSA) is 50.4 Å². The maximum absolute atomic E-state index is 12.2. The molecule has 1 aromatic rings. The van der Waals surface area contributed by atoms with Gasteiger partial charge in [0.25, 0.3) is 0 Å². The van der Waals surface area contributed by atoms with Crippen LogP contribution < -0.4 is 10.6 Å². The number of rotatable bonds is 9. The molecule has 27 heavy (non-hydrogen) atoms. The average Bonchev–Trinajstić information content (AvgIpc) is 2.69.